The van der Waals surface area contributed by atoms with Crippen LogP contribution >= 0.6 is 15.9 Å². The highest BCUT2D eigenvalue weighted by atomic mass is 79.9. The van der Waals surface area contributed by atoms with Crippen LogP contribution in [0, 0.1) is 12.8 Å². The third kappa shape index (κ3) is 2.48. The first-order chi connectivity index (χ1) is 7.63. The minimum absolute atomic E-state index is 0.118. The second-order valence-corrected chi connectivity index (χ2v) is 5.40. The van der Waals surface area contributed by atoms with Crippen LogP contribution in [0.4, 0.5) is 0 Å². The summed E-state index contributed by atoms with van der Waals surface area (Å²) < 4.78 is 3.14. The van der Waals surface area contributed by atoms with Gasteiger partial charge in [0, 0.05) is 6.54 Å². The van der Waals surface area contributed by atoms with Crippen molar-refractivity contribution < 1.29 is 5.11 Å². The maximum Gasteiger partial charge on any atom is 0.0738 e. The standard InChI is InChI=1S/C12H19BrN2O/c1-3-15-10(12(13)8(2)14-15)6-7-11(16)9-4-5-9/h9,11,16H,3-7H2,1-2H3. The van der Waals surface area contributed by atoms with Crippen molar-refractivity contribution in [1.82, 2.24) is 9.78 Å². The van der Waals surface area contributed by atoms with Gasteiger partial charge < -0.3 is 5.11 Å². The molecule has 0 radical (unpaired) electrons. The highest BCUT2D eigenvalue weighted by Gasteiger charge is 2.29. The highest BCUT2D eigenvalue weighted by Crippen LogP contribution is 2.34. The Hall–Kier alpha value is -0.350. The van der Waals surface area contributed by atoms with Crippen LogP contribution in [0.3, 0.4) is 0 Å². The number of nitrogens with zero attached hydrogens (tertiary/aromatic N) is 2. The molecule has 1 saturated carbocycles. The second-order valence-electron chi connectivity index (χ2n) is 4.61. The summed E-state index contributed by atoms with van der Waals surface area (Å²) in [6.07, 6.45) is 4.05. The molecule has 1 fully saturated rings. The third-order valence-corrected chi connectivity index (χ3v) is 4.33. The molecule has 2 rings (SSSR count). The van der Waals surface area contributed by atoms with E-state index >= 15 is 0 Å². The fraction of sp³-hybridized carbons (Fsp3) is 0.750. The fourth-order valence-electron chi connectivity index (χ4n) is 2.11. The van der Waals surface area contributed by atoms with Gasteiger partial charge in [0.15, 0.2) is 0 Å². The first-order valence-corrected chi connectivity index (χ1v) is 6.82. The Bertz CT molecular complexity index is 371. The van der Waals surface area contributed by atoms with E-state index in [2.05, 4.69) is 28.0 Å². The van der Waals surface area contributed by atoms with Gasteiger partial charge in [0.2, 0.25) is 0 Å². The number of halogens is 1. The molecule has 0 aliphatic heterocycles. The number of aliphatic hydroxyl groups is 1. The maximum absolute atomic E-state index is 9.87. The fourth-order valence-corrected chi connectivity index (χ4v) is 2.59. The summed E-state index contributed by atoms with van der Waals surface area (Å²) in [7, 11) is 0. The molecule has 0 amide bonds. The molecular formula is C12H19BrN2O. The molecule has 3 nitrogen and oxygen atoms in total. The van der Waals surface area contributed by atoms with Crippen LogP contribution in [0.15, 0.2) is 4.47 Å². The smallest absolute Gasteiger partial charge is 0.0738 e. The maximum atomic E-state index is 9.87. The van der Waals surface area contributed by atoms with Crippen LogP contribution in [0.2, 0.25) is 0 Å². The second kappa shape index (κ2) is 4.88. The van der Waals surface area contributed by atoms with E-state index in [4.69, 9.17) is 0 Å². The molecule has 1 aromatic rings. The first-order valence-electron chi connectivity index (χ1n) is 6.03. The van der Waals surface area contributed by atoms with Crippen molar-refractivity contribution in [2.24, 2.45) is 5.92 Å². The minimum atomic E-state index is -0.118. The van der Waals surface area contributed by atoms with Crippen LogP contribution in [0.1, 0.15) is 37.6 Å². The van der Waals surface area contributed by atoms with Crippen molar-refractivity contribution >= 4 is 15.9 Å². The van der Waals surface area contributed by atoms with Gasteiger partial charge in [0.1, 0.15) is 0 Å². The normalized spacial score (nSPS) is 17.8. The molecule has 0 aromatic carbocycles. The van der Waals surface area contributed by atoms with Gasteiger partial charge >= 0.3 is 0 Å². The van der Waals surface area contributed by atoms with Gasteiger partial charge in [-0.1, -0.05) is 0 Å². The molecule has 1 aromatic heterocycles. The molecule has 0 spiro atoms. The quantitative estimate of drug-likeness (QED) is 0.904. The molecule has 1 N–H and O–H groups in total. The number of aryl methyl sites for hydroxylation is 2. The van der Waals surface area contributed by atoms with Crippen LogP contribution in [-0.2, 0) is 13.0 Å². The van der Waals surface area contributed by atoms with E-state index in [-0.39, 0.29) is 6.10 Å². The van der Waals surface area contributed by atoms with Crippen LogP contribution in [-0.4, -0.2) is 21.0 Å². The summed E-state index contributed by atoms with van der Waals surface area (Å²) in [5, 5.41) is 14.3. The average Bonchev–Trinajstić information content (AvgIpc) is 3.06. The van der Waals surface area contributed by atoms with Crippen molar-refractivity contribution in [3.05, 3.63) is 15.9 Å². The summed E-state index contributed by atoms with van der Waals surface area (Å²) in [4.78, 5) is 0. The summed E-state index contributed by atoms with van der Waals surface area (Å²) >= 11 is 3.58. The van der Waals surface area contributed by atoms with E-state index in [9.17, 15) is 5.11 Å². The molecule has 0 bridgehead atoms. The topological polar surface area (TPSA) is 38.0 Å². The van der Waals surface area contributed by atoms with Gasteiger partial charge in [0.05, 0.1) is 22.0 Å². The molecule has 90 valence electrons. The largest absolute Gasteiger partial charge is 0.393 e. The predicted octanol–water partition coefficient (Wildman–Crippen LogP) is 2.68. The van der Waals surface area contributed by atoms with Crippen molar-refractivity contribution in [3.63, 3.8) is 0 Å². The Morgan fingerprint density at radius 1 is 1.56 bits per heavy atom. The molecular weight excluding hydrogens is 268 g/mol. The lowest BCUT2D eigenvalue weighted by molar-refractivity contribution is 0.141. The summed E-state index contributed by atoms with van der Waals surface area (Å²) in [5.41, 5.74) is 2.26. The molecule has 1 aliphatic carbocycles. The van der Waals surface area contributed by atoms with E-state index < -0.39 is 0 Å². The van der Waals surface area contributed by atoms with Gasteiger partial charge in [0.25, 0.3) is 0 Å². The average molecular weight is 287 g/mol. The zero-order valence-electron chi connectivity index (χ0n) is 9.91. The Balaban J connectivity index is 2.01. The van der Waals surface area contributed by atoms with E-state index in [1.165, 1.54) is 18.5 Å². The number of aliphatic hydroxyl groups excluding tert-OH is 1. The lowest BCUT2D eigenvalue weighted by Crippen LogP contribution is -2.12. The van der Waals surface area contributed by atoms with E-state index in [1.807, 2.05) is 11.6 Å². The zero-order valence-corrected chi connectivity index (χ0v) is 11.5. The van der Waals surface area contributed by atoms with E-state index in [0.29, 0.717) is 5.92 Å². The molecule has 4 heteroatoms. The summed E-state index contributed by atoms with van der Waals surface area (Å²) in [5.74, 6) is 0.567. The zero-order chi connectivity index (χ0) is 11.7. The number of hydrogen-bond acceptors (Lipinski definition) is 2. The lowest BCUT2D eigenvalue weighted by atomic mass is 10.1. The van der Waals surface area contributed by atoms with Gasteiger partial charge in [-0.2, -0.15) is 5.10 Å². The minimum Gasteiger partial charge on any atom is -0.393 e. The van der Waals surface area contributed by atoms with E-state index in [0.717, 1.165) is 29.6 Å². The first kappa shape index (κ1) is 12.1. The SMILES string of the molecule is CCn1nc(C)c(Br)c1CCC(O)C1CC1. The Morgan fingerprint density at radius 2 is 2.25 bits per heavy atom. The van der Waals surface area contributed by atoms with Crippen LogP contribution in [0.5, 0.6) is 0 Å². The number of rotatable bonds is 5. The molecule has 1 unspecified atom stereocenters. The van der Waals surface area contributed by atoms with Gasteiger partial charge in [-0.3, -0.25) is 4.68 Å². The Morgan fingerprint density at radius 3 is 2.81 bits per heavy atom. The molecule has 1 heterocycles. The highest BCUT2D eigenvalue weighted by molar-refractivity contribution is 9.10. The van der Waals surface area contributed by atoms with Crippen molar-refractivity contribution in [3.8, 4) is 0 Å². The predicted molar refractivity (Wildman–Crippen MR) is 67.4 cm³/mol. The van der Waals surface area contributed by atoms with E-state index in [1.54, 1.807) is 0 Å². The third-order valence-electron chi connectivity index (χ3n) is 3.30. The van der Waals surface area contributed by atoms with Gasteiger partial charge in [-0.25, -0.2) is 0 Å². The van der Waals surface area contributed by atoms with Crippen molar-refractivity contribution in [2.45, 2.75) is 52.2 Å². The molecule has 16 heavy (non-hydrogen) atoms. The monoisotopic (exact) mass is 286 g/mol. The number of aromatic nitrogens is 2. The molecule has 1 atom stereocenters. The Kier molecular flexibility index (Phi) is 3.70. The van der Waals surface area contributed by atoms with Crippen LogP contribution < -0.4 is 0 Å². The Labute approximate surface area is 105 Å². The van der Waals surface area contributed by atoms with Crippen molar-refractivity contribution in [1.29, 1.82) is 0 Å². The molecule has 0 saturated heterocycles. The van der Waals surface area contributed by atoms with Gasteiger partial charge in [-0.05, 0) is 61.4 Å². The van der Waals surface area contributed by atoms with Crippen molar-refractivity contribution in [2.75, 3.05) is 0 Å². The lowest BCUT2D eigenvalue weighted by Gasteiger charge is -2.10. The number of hydrogen-bond donors (Lipinski definition) is 1. The van der Waals surface area contributed by atoms with Crippen LogP contribution in [0.25, 0.3) is 0 Å². The molecule has 1 aliphatic rings. The summed E-state index contributed by atoms with van der Waals surface area (Å²) in [6, 6.07) is 0. The summed E-state index contributed by atoms with van der Waals surface area (Å²) in [6.45, 7) is 5.00. The van der Waals surface area contributed by atoms with Gasteiger partial charge in [-0.15, -0.1) is 0 Å².